The summed E-state index contributed by atoms with van der Waals surface area (Å²) < 4.78 is 1.67. The van der Waals surface area contributed by atoms with Gasteiger partial charge in [-0.25, -0.2) is 4.98 Å². The van der Waals surface area contributed by atoms with Gasteiger partial charge in [-0.05, 0) is 31.2 Å². The first-order chi connectivity index (χ1) is 10.3. The molecule has 2 aromatic heterocycles. The van der Waals surface area contributed by atoms with E-state index in [1.807, 2.05) is 0 Å². The van der Waals surface area contributed by atoms with E-state index in [2.05, 4.69) is 23.5 Å². The highest BCUT2D eigenvalue weighted by atomic mass is 32.1. The minimum atomic E-state index is 0.0471. The van der Waals surface area contributed by atoms with E-state index in [4.69, 9.17) is 0 Å². The van der Waals surface area contributed by atoms with E-state index in [1.54, 1.807) is 28.1 Å². The van der Waals surface area contributed by atoms with Crippen LogP contribution in [0, 0.1) is 0 Å². The molecule has 0 atom stereocenters. The van der Waals surface area contributed by atoms with Crippen molar-refractivity contribution in [2.45, 2.75) is 32.2 Å². The van der Waals surface area contributed by atoms with Crippen molar-refractivity contribution in [3.63, 3.8) is 0 Å². The summed E-state index contributed by atoms with van der Waals surface area (Å²) in [6.07, 6.45) is 7.94. The second kappa shape index (κ2) is 5.85. The molecule has 0 unspecified atom stereocenters. The number of rotatable bonds is 5. The second-order valence-corrected chi connectivity index (χ2v) is 6.28. The van der Waals surface area contributed by atoms with Crippen molar-refractivity contribution in [1.82, 2.24) is 9.55 Å². The quantitative estimate of drug-likeness (QED) is 0.863. The molecule has 1 aliphatic rings. The van der Waals surface area contributed by atoms with Crippen LogP contribution in [0.25, 0.3) is 10.2 Å². The van der Waals surface area contributed by atoms with Gasteiger partial charge in [0.25, 0.3) is 5.56 Å². The van der Waals surface area contributed by atoms with Crippen LogP contribution in [0.4, 0.5) is 5.95 Å². The summed E-state index contributed by atoms with van der Waals surface area (Å²) >= 11 is 1.67. The van der Waals surface area contributed by atoms with Crippen LogP contribution in [0.5, 0.6) is 0 Å². The second-order valence-electron chi connectivity index (χ2n) is 5.20. The van der Waals surface area contributed by atoms with E-state index in [-0.39, 0.29) is 5.56 Å². The molecule has 0 fully saturated rings. The van der Waals surface area contributed by atoms with Gasteiger partial charge in [0.05, 0.1) is 5.39 Å². The molecule has 2 heterocycles. The summed E-state index contributed by atoms with van der Waals surface area (Å²) in [6.45, 7) is 8.48. The fourth-order valence-corrected chi connectivity index (χ4v) is 4.09. The number of fused-ring (bicyclic) bond motifs is 3. The van der Waals surface area contributed by atoms with Gasteiger partial charge in [0.15, 0.2) is 0 Å². The Morgan fingerprint density at radius 1 is 1.29 bits per heavy atom. The lowest BCUT2D eigenvalue weighted by Gasteiger charge is -2.12. The Morgan fingerprint density at radius 2 is 2.10 bits per heavy atom. The molecule has 4 nitrogen and oxygen atoms in total. The molecule has 5 heteroatoms. The third-order valence-corrected chi connectivity index (χ3v) is 4.98. The maximum atomic E-state index is 12.9. The molecular weight excluding hydrogens is 282 g/mol. The maximum absolute atomic E-state index is 12.9. The van der Waals surface area contributed by atoms with Crippen LogP contribution in [0.1, 0.15) is 23.3 Å². The monoisotopic (exact) mass is 301 g/mol. The van der Waals surface area contributed by atoms with E-state index in [0.717, 1.165) is 29.5 Å². The zero-order chi connectivity index (χ0) is 14.8. The number of hydrogen-bond donors (Lipinski definition) is 1. The van der Waals surface area contributed by atoms with Crippen molar-refractivity contribution >= 4 is 27.5 Å². The molecule has 0 saturated carbocycles. The zero-order valence-corrected chi connectivity index (χ0v) is 12.8. The van der Waals surface area contributed by atoms with Crippen molar-refractivity contribution in [2.75, 3.05) is 11.9 Å². The van der Waals surface area contributed by atoms with Crippen molar-refractivity contribution in [2.24, 2.45) is 0 Å². The summed E-state index contributed by atoms with van der Waals surface area (Å²) in [5, 5.41) is 3.97. The molecule has 21 heavy (non-hydrogen) atoms. The third kappa shape index (κ3) is 2.42. The van der Waals surface area contributed by atoms with Crippen LogP contribution >= 0.6 is 11.3 Å². The molecular formula is C16H19N3OS. The van der Waals surface area contributed by atoms with Crippen LogP contribution < -0.4 is 10.9 Å². The van der Waals surface area contributed by atoms with Gasteiger partial charge in [-0.15, -0.1) is 24.5 Å². The Kier molecular flexibility index (Phi) is 3.92. The predicted molar refractivity (Wildman–Crippen MR) is 89.4 cm³/mol. The lowest BCUT2D eigenvalue weighted by Crippen LogP contribution is -2.25. The first kappa shape index (κ1) is 14.1. The number of allylic oxidation sites excluding steroid dienone is 1. The van der Waals surface area contributed by atoms with Gasteiger partial charge in [0.2, 0.25) is 5.95 Å². The van der Waals surface area contributed by atoms with Gasteiger partial charge in [-0.3, -0.25) is 9.36 Å². The lowest BCUT2D eigenvalue weighted by atomic mass is 9.97. The van der Waals surface area contributed by atoms with Gasteiger partial charge < -0.3 is 5.32 Å². The highest BCUT2D eigenvalue weighted by Crippen LogP contribution is 2.34. The van der Waals surface area contributed by atoms with Crippen molar-refractivity contribution in [1.29, 1.82) is 0 Å². The number of anilines is 1. The lowest BCUT2D eigenvalue weighted by molar-refractivity contribution is 0.698. The SMILES string of the molecule is C=CCNc1nc2sc3c(c2c(=O)n1CC=C)CCCC3. The van der Waals surface area contributed by atoms with Gasteiger partial charge in [0, 0.05) is 18.0 Å². The van der Waals surface area contributed by atoms with E-state index in [0.29, 0.717) is 19.0 Å². The van der Waals surface area contributed by atoms with Gasteiger partial charge >= 0.3 is 0 Å². The van der Waals surface area contributed by atoms with Gasteiger partial charge in [-0.2, -0.15) is 0 Å². The Labute approximate surface area is 127 Å². The summed E-state index contributed by atoms with van der Waals surface area (Å²) in [7, 11) is 0. The van der Waals surface area contributed by atoms with Crippen molar-refractivity contribution in [3.05, 3.63) is 46.1 Å². The summed E-state index contributed by atoms with van der Waals surface area (Å²) in [6, 6.07) is 0. The Bertz CT molecular complexity index is 757. The summed E-state index contributed by atoms with van der Waals surface area (Å²) in [5.41, 5.74) is 1.28. The van der Waals surface area contributed by atoms with Gasteiger partial charge in [-0.1, -0.05) is 12.2 Å². The zero-order valence-electron chi connectivity index (χ0n) is 12.0. The molecule has 1 aliphatic carbocycles. The summed E-state index contributed by atoms with van der Waals surface area (Å²) in [5.74, 6) is 0.603. The molecule has 0 spiro atoms. The standard InChI is InChI=1S/C16H19N3OS/c1-3-9-17-16-18-14-13(15(20)19(16)10-4-2)11-7-5-6-8-12(11)21-14/h3-4H,1-2,5-10H2,(H,17,18). The normalized spacial score (nSPS) is 13.9. The van der Waals surface area contributed by atoms with Crippen LogP contribution in [-0.2, 0) is 19.4 Å². The first-order valence-electron chi connectivity index (χ1n) is 7.27. The number of nitrogens with one attached hydrogen (secondary N) is 1. The minimum Gasteiger partial charge on any atom is -0.352 e. The van der Waals surface area contributed by atoms with E-state index < -0.39 is 0 Å². The Hall–Kier alpha value is -1.88. The average Bonchev–Trinajstić information content (AvgIpc) is 2.86. The topological polar surface area (TPSA) is 46.9 Å². The average molecular weight is 301 g/mol. The van der Waals surface area contributed by atoms with Crippen LogP contribution in [0.2, 0.25) is 0 Å². The van der Waals surface area contributed by atoms with Crippen LogP contribution in [-0.4, -0.2) is 16.1 Å². The molecule has 0 aliphatic heterocycles. The molecule has 0 amide bonds. The Balaban J connectivity index is 2.23. The fourth-order valence-electron chi connectivity index (χ4n) is 2.84. The predicted octanol–water partition coefficient (Wildman–Crippen LogP) is 3.12. The molecule has 1 N–H and O–H groups in total. The molecule has 110 valence electrons. The van der Waals surface area contributed by atoms with Crippen molar-refractivity contribution in [3.8, 4) is 0 Å². The minimum absolute atomic E-state index is 0.0471. The number of aromatic nitrogens is 2. The molecule has 2 aromatic rings. The molecule has 0 bridgehead atoms. The highest BCUT2D eigenvalue weighted by Gasteiger charge is 2.21. The fraction of sp³-hybridized carbons (Fsp3) is 0.375. The molecule has 0 radical (unpaired) electrons. The van der Waals surface area contributed by atoms with Crippen LogP contribution in [0.3, 0.4) is 0 Å². The first-order valence-corrected chi connectivity index (χ1v) is 8.08. The van der Waals surface area contributed by atoms with Crippen LogP contribution in [0.15, 0.2) is 30.1 Å². The van der Waals surface area contributed by atoms with Crippen molar-refractivity contribution < 1.29 is 0 Å². The maximum Gasteiger partial charge on any atom is 0.264 e. The number of hydrogen-bond acceptors (Lipinski definition) is 4. The van der Waals surface area contributed by atoms with Gasteiger partial charge in [0.1, 0.15) is 4.83 Å². The van der Waals surface area contributed by atoms with E-state index in [1.165, 1.54) is 16.9 Å². The molecule has 3 rings (SSSR count). The number of aryl methyl sites for hydroxylation is 2. The number of thiophene rings is 1. The third-order valence-electron chi connectivity index (χ3n) is 3.79. The van der Waals surface area contributed by atoms with E-state index >= 15 is 0 Å². The Morgan fingerprint density at radius 3 is 2.86 bits per heavy atom. The highest BCUT2D eigenvalue weighted by molar-refractivity contribution is 7.18. The molecule has 0 aromatic carbocycles. The smallest absolute Gasteiger partial charge is 0.264 e. The summed E-state index contributed by atoms with van der Waals surface area (Å²) in [4.78, 5) is 19.7. The van der Waals surface area contributed by atoms with E-state index in [9.17, 15) is 4.79 Å². The number of nitrogens with zero attached hydrogens (tertiary/aromatic N) is 2. The molecule has 0 saturated heterocycles. The largest absolute Gasteiger partial charge is 0.352 e.